The van der Waals surface area contributed by atoms with Gasteiger partial charge in [-0.25, -0.2) is 0 Å². The summed E-state index contributed by atoms with van der Waals surface area (Å²) in [6, 6.07) is 9.15. The molecule has 6 nitrogen and oxygen atoms in total. The van der Waals surface area contributed by atoms with Crippen molar-refractivity contribution in [3.8, 4) is 0 Å². The van der Waals surface area contributed by atoms with Crippen molar-refractivity contribution in [3.05, 3.63) is 35.4 Å². The van der Waals surface area contributed by atoms with Gasteiger partial charge in [-0.05, 0) is 44.4 Å². The predicted molar refractivity (Wildman–Crippen MR) is 127 cm³/mol. The summed E-state index contributed by atoms with van der Waals surface area (Å²) in [7, 11) is 0. The molecule has 29 heavy (non-hydrogen) atoms. The molecule has 7 heteroatoms. The molecule has 0 bridgehead atoms. The van der Waals surface area contributed by atoms with E-state index in [9.17, 15) is 0 Å². The Morgan fingerprint density at radius 2 is 2.07 bits per heavy atom. The molecule has 4 rings (SSSR count). The van der Waals surface area contributed by atoms with Crippen LogP contribution in [-0.4, -0.2) is 80.4 Å². The first kappa shape index (κ1) is 22.8. The molecule has 0 amide bonds. The first-order valence-corrected chi connectivity index (χ1v) is 10.8. The van der Waals surface area contributed by atoms with E-state index in [1.165, 1.54) is 30.5 Å². The normalized spacial score (nSPS) is 28.0. The topological polar surface area (TPSA) is 49.3 Å². The third-order valence-electron chi connectivity index (χ3n) is 6.14. The number of halogens is 1. The highest BCUT2D eigenvalue weighted by atomic mass is 127. The maximum Gasteiger partial charge on any atom is 0.194 e. The Balaban J connectivity index is 0.00000240. The molecule has 0 radical (unpaired) electrons. The van der Waals surface area contributed by atoms with Crippen LogP contribution in [-0.2, 0) is 9.47 Å². The highest BCUT2D eigenvalue weighted by molar-refractivity contribution is 14.0. The van der Waals surface area contributed by atoms with Crippen molar-refractivity contribution in [1.82, 2.24) is 15.1 Å². The number of benzene rings is 1. The highest BCUT2D eigenvalue weighted by Crippen LogP contribution is 2.25. The largest absolute Gasteiger partial charge is 0.373 e. The second-order valence-electron chi connectivity index (χ2n) is 8.10. The number of hydrogen-bond acceptors (Lipinski definition) is 4. The van der Waals surface area contributed by atoms with Crippen molar-refractivity contribution >= 4 is 29.9 Å². The predicted octanol–water partition coefficient (Wildman–Crippen LogP) is 2.82. The van der Waals surface area contributed by atoms with Gasteiger partial charge in [-0.1, -0.05) is 24.3 Å². The zero-order valence-corrected chi connectivity index (χ0v) is 20.0. The number of fused-ring (bicyclic) bond motifs is 1. The van der Waals surface area contributed by atoms with Crippen LogP contribution < -0.4 is 5.32 Å². The molecule has 0 saturated carbocycles. The Morgan fingerprint density at radius 1 is 1.21 bits per heavy atom. The number of rotatable bonds is 4. The number of nitrogens with zero attached hydrogens (tertiary/aromatic N) is 3. The summed E-state index contributed by atoms with van der Waals surface area (Å²) < 4.78 is 12.2. The van der Waals surface area contributed by atoms with E-state index < -0.39 is 0 Å². The number of nitrogens with one attached hydrogen (secondary N) is 1. The fourth-order valence-electron chi connectivity index (χ4n) is 4.59. The quantitative estimate of drug-likeness (QED) is 0.381. The van der Waals surface area contributed by atoms with Crippen LogP contribution in [0.4, 0.5) is 0 Å². The number of aryl methyl sites for hydroxylation is 1. The second kappa shape index (κ2) is 10.9. The zero-order valence-electron chi connectivity index (χ0n) is 17.7. The van der Waals surface area contributed by atoms with Crippen molar-refractivity contribution < 1.29 is 9.47 Å². The first-order chi connectivity index (χ1) is 13.7. The average Bonchev–Trinajstić information content (AvgIpc) is 3.19. The number of guanidine groups is 1. The van der Waals surface area contributed by atoms with Gasteiger partial charge < -0.3 is 19.7 Å². The molecule has 3 aliphatic rings. The van der Waals surface area contributed by atoms with Gasteiger partial charge in [0.15, 0.2) is 5.96 Å². The molecule has 3 unspecified atom stereocenters. The molecule has 3 atom stereocenters. The minimum absolute atomic E-state index is 0. The van der Waals surface area contributed by atoms with E-state index in [1.807, 2.05) is 0 Å². The van der Waals surface area contributed by atoms with E-state index in [0.29, 0.717) is 6.04 Å². The molecule has 1 aromatic carbocycles. The Kier molecular flexibility index (Phi) is 8.58. The van der Waals surface area contributed by atoms with Crippen LogP contribution in [0.2, 0.25) is 0 Å². The van der Waals surface area contributed by atoms with Crippen molar-refractivity contribution in [3.63, 3.8) is 0 Å². The summed E-state index contributed by atoms with van der Waals surface area (Å²) >= 11 is 0. The van der Waals surface area contributed by atoms with E-state index in [-0.39, 0.29) is 36.2 Å². The highest BCUT2D eigenvalue weighted by Gasteiger charge is 2.32. The maximum atomic E-state index is 6.09. The molecular formula is C22H35IN4O2. The van der Waals surface area contributed by atoms with E-state index in [4.69, 9.17) is 14.5 Å². The molecule has 0 aromatic heterocycles. The molecule has 162 valence electrons. The number of hydrogen-bond donors (Lipinski definition) is 1. The molecule has 3 aliphatic heterocycles. The lowest BCUT2D eigenvalue weighted by atomic mass is 10.0. The van der Waals surface area contributed by atoms with Gasteiger partial charge in [-0.3, -0.25) is 9.89 Å². The zero-order chi connectivity index (χ0) is 19.3. The molecule has 3 saturated heterocycles. The smallest absolute Gasteiger partial charge is 0.194 e. The Morgan fingerprint density at radius 3 is 2.90 bits per heavy atom. The molecule has 3 fully saturated rings. The van der Waals surface area contributed by atoms with Gasteiger partial charge in [0.25, 0.3) is 0 Å². The number of ether oxygens (including phenoxy) is 2. The Hall–Kier alpha value is -0.900. The van der Waals surface area contributed by atoms with Gasteiger partial charge in [0, 0.05) is 25.7 Å². The van der Waals surface area contributed by atoms with Crippen LogP contribution in [0.25, 0.3) is 0 Å². The molecular weight excluding hydrogens is 479 g/mol. The lowest BCUT2D eigenvalue weighted by Gasteiger charge is -2.37. The lowest BCUT2D eigenvalue weighted by molar-refractivity contribution is -0.0435. The monoisotopic (exact) mass is 514 g/mol. The van der Waals surface area contributed by atoms with Crippen molar-refractivity contribution in [2.75, 3.05) is 52.5 Å². The Bertz CT molecular complexity index is 687. The summed E-state index contributed by atoms with van der Waals surface area (Å²) in [6.07, 6.45) is 2.89. The van der Waals surface area contributed by atoms with E-state index in [1.54, 1.807) is 0 Å². The average molecular weight is 514 g/mol. The van der Waals surface area contributed by atoms with Crippen molar-refractivity contribution in [1.29, 1.82) is 0 Å². The summed E-state index contributed by atoms with van der Waals surface area (Å²) in [5.74, 6) is 0.983. The standard InChI is InChI=1S/C22H34N4O2.HI/c1-3-23-22(24-13-19-14-25-10-6-8-18(25)16-28-19)26-11-12-27-21(15-26)20-9-5-4-7-17(20)2;/h4-5,7,9,18-19,21H,3,6,8,10-16H2,1-2H3,(H,23,24);1H. The van der Waals surface area contributed by atoms with E-state index in [2.05, 4.69) is 53.2 Å². The fraction of sp³-hybridized carbons (Fsp3) is 0.682. The Labute approximate surface area is 192 Å². The molecule has 1 aromatic rings. The SMILES string of the molecule is CCNC(=NCC1CN2CCCC2CO1)N1CCOC(c2ccccc2C)C1.I. The maximum absolute atomic E-state index is 6.09. The molecule has 0 aliphatic carbocycles. The van der Waals surface area contributed by atoms with E-state index in [0.717, 1.165) is 51.9 Å². The van der Waals surface area contributed by atoms with E-state index >= 15 is 0 Å². The molecule has 3 heterocycles. The molecule has 1 N–H and O–H groups in total. The van der Waals surface area contributed by atoms with Crippen LogP contribution in [0.3, 0.4) is 0 Å². The van der Waals surface area contributed by atoms with Crippen molar-refractivity contribution in [2.24, 2.45) is 4.99 Å². The van der Waals surface area contributed by atoms with Gasteiger partial charge in [-0.15, -0.1) is 24.0 Å². The van der Waals surface area contributed by atoms with Gasteiger partial charge >= 0.3 is 0 Å². The number of morpholine rings is 2. The third-order valence-corrected chi connectivity index (χ3v) is 6.14. The van der Waals surface area contributed by atoms with Crippen LogP contribution >= 0.6 is 24.0 Å². The minimum Gasteiger partial charge on any atom is -0.373 e. The van der Waals surface area contributed by atoms with Crippen LogP contribution in [0.1, 0.15) is 37.0 Å². The van der Waals surface area contributed by atoms with Gasteiger partial charge in [0.05, 0.1) is 32.4 Å². The summed E-state index contributed by atoms with van der Waals surface area (Å²) in [5.41, 5.74) is 2.56. The number of aliphatic imine (C=N–C) groups is 1. The second-order valence-corrected chi connectivity index (χ2v) is 8.10. The first-order valence-electron chi connectivity index (χ1n) is 10.8. The summed E-state index contributed by atoms with van der Waals surface area (Å²) in [5, 5.41) is 3.48. The van der Waals surface area contributed by atoms with Crippen LogP contribution in [0.15, 0.2) is 29.3 Å². The van der Waals surface area contributed by atoms with Crippen LogP contribution in [0, 0.1) is 6.92 Å². The van der Waals surface area contributed by atoms with Crippen LogP contribution in [0.5, 0.6) is 0 Å². The summed E-state index contributed by atoms with van der Waals surface area (Å²) in [4.78, 5) is 9.87. The van der Waals surface area contributed by atoms with Crippen molar-refractivity contribution in [2.45, 2.75) is 44.9 Å². The fourth-order valence-corrected chi connectivity index (χ4v) is 4.59. The van der Waals surface area contributed by atoms with Gasteiger partial charge in [-0.2, -0.15) is 0 Å². The summed E-state index contributed by atoms with van der Waals surface area (Å²) in [6.45, 7) is 11.4. The third kappa shape index (κ3) is 5.62. The molecule has 0 spiro atoms. The van der Waals surface area contributed by atoms with Gasteiger partial charge in [0.1, 0.15) is 6.10 Å². The lowest BCUT2D eigenvalue weighted by Crippen LogP contribution is -2.50. The van der Waals surface area contributed by atoms with Gasteiger partial charge in [0.2, 0.25) is 0 Å². The minimum atomic E-state index is 0.